The first kappa shape index (κ1) is 26.2. The van der Waals surface area contributed by atoms with Gasteiger partial charge in [-0.3, -0.25) is 0 Å². The fourth-order valence-electron chi connectivity index (χ4n) is 4.09. The summed E-state index contributed by atoms with van der Waals surface area (Å²) in [4.78, 5) is 19.0. The molecule has 0 radical (unpaired) electrons. The fourth-order valence-corrected chi connectivity index (χ4v) is 4.84. The van der Waals surface area contributed by atoms with Crippen molar-refractivity contribution in [1.82, 2.24) is 14.7 Å². The zero-order valence-electron chi connectivity index (χ0n) is 19.5. The molecular weight excluding hydrogens is 515 g/mol. The molecule has 0 saturated heterocycles. The van der Waals surface area contributed by atoms with E-state index in [2.05, 4.69) is 25.3 Å². The summed E-state index contributed by atoms with van der Waals surface area (Å²) in [5, 5.41) is 14.7. The minimum atomic E-state index is -4.80. The molecule has 0 amide bonds. The molecule has 4 N–H and O–H groups in total. The van der Waals surface area contributed by atoms with Gasteiger partial charge in [-0.05, 0) is 35.7 Å². The molecular formula is C23H22F3N5O5S. The summed E-state index contributed by atoms with van der Waals surface area (Å²) in [5.74, 6) is -1.84. The molecule has 14 heteroatoms. The number of sulfonamides is 1. The smallest absolute Gasteiger partial charge is 0.421 e. The van der Waals surface area contributed by atoms with Crippen LogP contribution in [0.25, 0.3) is 0 Å². The van der Waals surface area contributed by atoms with Crippen molar-refractivity contribution in [1.29, 1.82) is 0 Å². The number of nitrogens with one attached hydrogen (secondary N) is 3. The van der Waals surface area contributed by atoms with Gasteiger partial charge in [0.1, 0.15) is 17.1 Å². The van der Waals surface area contributed by atoms with E-state index in [9.17, 15) is 26.4 Å². The second-order valence-electron chi connectivity index (χ2n) is 8.32. The number of aromatic carboxylic acids is 1. The molecule has 0 bridgehead atoms. The van der Waals surface area contributed by atoms with Crippen molar-refractivity contribution in [3.63, 3.8) is 0 Å². The maximum atomic E-state index is 13.8. The van der Waals surface area contributed by atoms with E-state index in [1.807, 2.05) is 0 Å². The second kappa shape index (κ2) is 9.86. The van der Waals surface area contributed by atoms with E-state index in [4.69, 9.17) is 9.84 Å². The average Bonchev–Trinajstić information content (AvgIpc) is 3.14. The Bertz CT molecular complexity index is 1450. The van der Waals surface area contributed by atoms with Crippen LogP contribution in [0.2, 0.25) is 0 Å². The number of rotatable bonds is 8. The molecule has 1 aliphatic rings. The van der Waals surface area contributed by atoms with Gasteiger partial charge in [-0.25, -0.2) is 22.9 Å². The van der Waals surface area contributed by atoms with E-state index in [1.165, 1.54) is 25.3 Å². The van der Waals surface area contributed by atoms with Gasteiger partial charge in [0, 0.05) is 6.20 Å². The molecule has 1 aliphatic carbocycles. The molecule has 0 fully saturated rings. The number of carbonyl (C=O) groups is 1. The van der Waals surface area contributed by atoms with Crippen molar-refractivity contribution in [2.24, 2.45) is 0 Å². The predicted molar refractivity (Wildman–Crippen MR) is 129 cm³/mol. The first-order valence-corrected chi connectivity index (χ1v) is 12.7. The van der Waals surface area contributed by atoms with Crippen molar-refractivity contribution in [2.75, 3.05) is 24.0 Å². The maximum Gasteiger partial charge on any atom is 0.421 e. The lowest BCUT2D eigenvalue weighted by molar-refractivity contribution is -0.137. The van der Waals surface area contributed by atoms with Crippen LogP contribution in [-0.4, -0.2) is 48.9 Å². The quantitative estimate of drug-likeness (QED) is 0.339. The number of alkyl halides is 3. The predicted octanol–water partition coefficient (Wildman–Crippen LogP) is 3.57. The van der Waals surface area contributed by atoms with E-state index in [-0.39, 0.29) is 29.4 Å². The third-order valence-corrected chi connectivity index (χ3v) is 6.37. The average molecular weight is 538 g/mol. The molecule has 2 aromatic carbocycles. The van der Waals surface area contributed by atoms with Crippen LogP contribution in [0.1, 0.15) is 33.1 Å². The van der Waals surface area contributed by atoms with E-state index >= 15 is 0 Å². The van der Waals surface area contributed by atoms with Gasteiger partial charge in [0.15, 0.2) is 0 Å². The van der Waals surface area contributed by atoms with E-state index in [0.29, 0.717) is 11.8 Å². The summed E-state index contributed by atoms with van der Waals surface area (Å²) in [6.45, 7) is 0. The molecule has 3 aromatic rings. The summed E-state index contributed by atoms with van der Waals surface area (Å²) in [5.41, 5.74) is 0.465. The zero-order chi connectivity index (χ0) is 27.0. The summed E-state index contributed by atoms with van der Waals surface area (Å²) in [7, 11) is -2.39. The molecule has 0 saturated carbocycles. The highest BCUT2D eigenvalue weighted by Crippen LogP contribution is 2.38. The third kappa shape index (κ3) is 5.91. The van der Waals surface area contributed by atoms with Crippen molar-refractivity contribution in [3.05, 3.63) is 70.9 Å². The van der Waals surface area contributed by atoms with Crippen LogP contribution < -0.4 is 20.1 Å². The van der Waals surface area contributed by atoms with Gasteiger partial charge in [0.05, 0.1) is 36.7 Å². The molecule has 0 aliphatic heterocycles. The topological polar surface area (TPSA) is 143 Å². The molecule has 10 nitrogen and oxygen atoms in total. The molecule has 37 heavy (non-hydrogen) atoms. The second-order valence-corrected chi connectivity index (χ2v) is 10.1. The highest BCUT2D eigenvalue weighted by atomic mass is 32.2. The van der Waals surface area contributed by atoms with E-state index in [0.717, 1.165) is 11.8 Å². The van der Waals surface area contributed by atoms with E-state index < -0.39 is 45.6 Å². The molecule has 2 atom stereocenters. The van der Waals surface area contributed by atoms with Crippen molar-refractivity contribution < 1.29 is 36.2 Å². The largest absolute Gasteiger partial charge is 0.495 e. The van der Waals surface area contributed by atoms with Crippen molar-refractivity contribution in [3.8, 4) is 5.75 Å². The Morgan fingerprint density at radius 2 is 1.92 bits per heavy atom. The number of nitrogens with zero attached hydrogens (tertiary/aromatic N) is 2. The standard InChI is InChI=1S/C23H22F3N5O5S/c1-36-18-10-13(21(32)33)7-8-16(18)29-22-27-11-15(23(24,25)26)20(30-22)28-17-9-12-5-3-4-6-14(12)19(17)31-37(2,34)35/h3-8,10-11,17,19,31H,9H2,1-2H3,(H,32,33)(H2,27,28,29,30)/t17-,19+/m1/s1. The van der Waals surface area contributed by atoms with E-state index in [1.54, 1.807) is 24.3 Å². The van der Waals surface area contributed by atoms with Gasteiger partial charge < -0.3 is 20.5 Å². The lowest BCUT2D eigenvalue weighted by Gasteiger charge is -2.24. The molecule has 4 rings (SSSR count). The number of carboxylic acids is 1. The minimum absolute atomic E-state index is 0.0525. The first-order chi connectivity index (χ1) is 17.4. The van der Waals surface area contributed by atoms with Crippen LogP contribution in [0.4, 0.5) is 30.6 Å². The third-order valence-electron chi connectivity index (χ3n) is 5.68. The summed E-state index contributed by atoms with van der Waals surface area (Å²) in [6, 6.07) is 9.26. The Balaban J connectivity index is 1.70. The summed E-state index contributed by atoms with van der Waals surface area (Å²) in [6.07, 6.45) is -2.97. The lowest BCUT2D eigenvalue weighted by Crippen LogP contribution is -2.38. The maximum absolute atomic E-state index is 13.8. The highest BCUT2D eigenvalue weighted by molar-refractivity contribution is 7.88. The normalized spacial score (nSPS) is 17.2. The number of benzene rings is 2. The minimum Gasteiger partial charge on any atom is -0.495 e. The number of fused-ring (bicyclic) bond motifs is 1. The Kier molecular flexibility index (Phi) is 6.97. The number of methoxy groups -OCH3 is 1. The van der Waals surface area contributed by atoms with Crippen LogP contribution in [0.3, 0.4) is 0 Å². The molecule has 0 spiro atoms. The number of hydrogen-bond acceptors (Lipinski definition) is 8. The van der Waals surface area contributed by atoms with Crippen LogP contribution in [0.5, 0.6) is 5.75 Å². The van der Waals surface area contributed by atoms with Gasteiger partial charge in [-0.1, -0.05) is 24.3 Å². The van der Waals surface area contributed by atoms with Crippen LogP contribution in [-0.2, 0) is 22.6 Å². The Labute approximate surface area is 210 Å². The fraction of sp³-hybridized carbons (Fsp3) is 0.261. The van der Waals surface area contributed by atoms with Gasteiger partial charge in [-0.2, -0.15) is 18.2 Å². The summed E-state index contributed by atoms with van der Waals surface area (Å²) < 4.78 is 73.1. The van der Waals surface area contributed by atoms with Crippen LogP contribution >= 0.6 is 0 Å². The Morgan fingerprint density at radius 3 is 2.57 bits per heavy atom. The first-order valence-electron chi connectivity index (χ1n) is 10.8. The van der Waals surface area contributed by atoms with Gasteiger partial charge in [0.25, 0.3) is 0 Å². The number of ether oxygens (including phenoxy) is 1. The lowest BCUT2D eigenvalue weighted by atomic mass is 10.1. The van der Waals surface area contributed by atoms with Crippen molar-refractivity contribution >= 4 is 33.4 Å². The molecule has 196 valence electrons. The van der Waals surface area contributed by atoms with Crippen LogP contribution in [0, 0.1) is 0 Å². The Hall–Kier alpha value is -3.91. The van der Waals surface area contributed by atoms with Gasteiger partial charge in [-0.15, -0.1) is 0 Å². The summed E-state index contributed by atoms with van der Waals surface area (Å²) >= 11 is 0. The number of hydrogen-bond donors (Lipinski definition) is 4. The van der Waals surface area contributed by atoms with Crippen LogP contribution in [0.15, 0.2) is 48.7 Å². The van der Waals surface area contributed by atoms with Crippen molar-refractivity contribution in [2.45, 2.75) is 24.7 Å². The highest BCUT2D eigenvalue weighted by Gasteiger charge is 2.39. The molecule has 0 unspecified atom stereocenters. The number of halogens is 3. The number of aromatic nitrogens is 2. The Morgan fingerprint density at radius 1 is 1.19 bits per heavy atom. The molecule has 1 heterocycles. The molecule has 1 aromatic heterocycles. The number of anilines is 3. The van der Waals surface area contributed by atoms with Gasteiger partial charge >= 0.3 is 12.1 Å². The SMILES string of the molecule is COc1cc(C(=O)O)ccc1Nc1ncc(C(F)(F)F)c(N[C@@H]2Cc3ccccc3[C@@H]2NS(C)(=O)=O)n1. The number of carboxylic acid groups (broad SMARTS) is 1. The zero-order valence-corrected chi connectivity index (χ0v) is 20.3. The van der Waals surface area contributed by atoms with Gasteiger partial charge in [0.2, 0.25) is 16.0 Å². The monoisotopic (exact) mass is 537 g/mol.